The quantitative estimate of drug-likeness (QED) is 0.658. The van der Waals surface area contributed by atoms with Crippen molar-refractivity contribution in [1.29, 1.82) is 0 Å². The number of hydrogen-bond acceptors (Lipinski definition) is 5. The van der Waals surface area contributed by atoms with E-state index in [0.29, 0.717) is 12.3 Å². The van der Waals surface area contributed by atoms with Gasteiger partial charge in [-0.15, -0.1) is 0 Å². The lowest BCUT2D eigenvalue weighted by Gasteiger charge is -2.19. The number of carboxylic acid groups (broad SMARTS) is 1. The number of anilines is 1. The number of sulfonamides is 1. The standard InChI is InChI=1S/C16H24N2O5S/c1-11(10-23-2)17-14-8-7-12(16(19)20)9-15(14)24(21,22)18-13-5-3-4-6-13/h7-9,11,13,17-18H,3-6,10H2,1-2H3,(H,19,20). The van der Waals surface area contributed by atoms with Gasteiger partial charge in [-0.05, 0) is 38.0 Å². The van der Waals surface area contributed by atoms with E-state index in [9.17, 15) is 13.2 Å². The third-order valence-electron chi connectivity index (χ3n) is 4.01. The number of carboxylic acids is 1. The zero-order valence-electron chi connectivity index (χ0n) is 13.9. The second kappa shape index (κ2) is 7.96. The van der Waals surface area contributed by atoms with Gasteiger partial charge >= 0.3 is 5.97 Å². The van der Waals surface area contributed by atoms with Gasteiger partial charge in [-0.25, -0.2) is 17.9 Å². The molecule has 0 saturated heterocycles. The number of benzene rings is 1. The van der Waals surface area contributed by atoms with E-state index in [1.54, 1.807) is 7.11 Å². The van der Waals surface area contributed by atoms with Crippen LogP contribution in [0.1, 0.15) is 43.0 Å². The topological polar surface area (TPSA) is 105 Å². The predicted octanol–water partition coefficient (Wildman–Crippen LogP) is 2.05. The van der Waals surface area contributed by atoms with Gasteiger partial charge in [0.1, 0.15) is 4.90 Å². The first-order chi connectivity index (χ1) is 11.3. The molecule has 1 fully saturated rings. The minimum absolute atomic E-state index is 0.0442. The summed E-state index contributed by atoms with van der Waals surface area (Å²) in [6.45, 7) is 2.26. The van der Waals surface area contributed by atoms with Crippen molar-refractivity contribution in [1.82, 2.24) is 4.72 Å². The van der Waals surface area contributed by atoms with Crippen LogP contribution in [0.4, 0.5) is 5.69 Å². The van der Waals surface area contributed by atoms with E-state index in [1.165, 1.54) is 18.2 Å². The van der Waals surface area contributed by atoms with Crippen LogP contribution >= 0.6 is 0 Å². The molecule has 0 aromatic heterocycles. The Morgan fingerprint density at radius 2 is 2.04 bits per heavy atom. The van der Waals surface area contributed by atoms with Crippen LogP contribution in [0.2, 0.25) is 0 Å². The number of carbonyl (C=O) groups is 1. The average Bonchev–Trinajstić information content (AvgIpc) is 2.99. The molecule has 2 rings (SSSR count). The van der Waals surface area contributed by atoms with Crippen molar-refractivity contribution in [2.45, 2.75) is 49.6 Å². The molecule has 24 heavy (non-hydrogen) atoms. The first kappa shape index (κ1) is 18.7. The highest BCUT2D eigenvalue weighted by atomic mass is 32.2. The van der Waals surface area contributed by atoms with Crippen LogP contribution in [-0.2, 0) is 14.8 Å². The first-order valence-electron chi connectivity index (χ1n) is 7.98. The van der Waals surface area contributed by atoms with E-state index >= 15 is 0 Å². The van der Waals surface area contributed by atoms with Gasteiger partial charge in [-0.2, -0.15) is 0 Å². The molecule has 1 saturated carbocycles. The Morgan fingerprint density at radius 3 is 2.62 bits per heavy atom. The second-order valence-electron chi connectivity index (χ2n) is 6.12. The smallest absolute Gasteiger partial charge is 0.335 e. The summed E-state index contributed by atoms with van der Waals surface area (Å²) >= 11 is 0. The Labute approximate surface area is 142 Å². The van der Waals surface area contributed by atoms with E-state index in [2.05, 4.69) is 10.0 Å². The van der Waals surface area contributed by atoms with Crippen molar-refractivity contribution in [2.24, 2.45) is 0 Å². The molecular formula is C16H24N2O5S. The van der Waals surface area contributed by atoms with Crippen LogP contribution in [0.15, 0.2) is 23.1 Å². The lowest BCUT2D eigenvalue weighted by molar-refractivity contribution is 0.0696. The fourth-order valence-electron chi connectivity index (χ4n) is 2.88. The zero-order valence-corrected chi connectivity index (χ0v) is 14.7. The van der Waals surface area contributed by atoms with Crippen LogP contribution in [0.3, 0.4) is 0 Å². The Hall–Kier alpha value is -1.64. The minimum Gasteiger partial charge on any atom is -0.478 e. The molecule has 0 radical (unpaired) electrons. The van der Waals surface area contributed by atoms with Gasteiger partial charge in [0, 0.05) is 19.2 Å². The number of methoxy groups -OCH3 is 1. The van der Waals surface area contributed by atoms with E-state index in [0.717, 1.165) is 25.7 Å². The van der Waals surface area contributed by atoms with Crippen LogP contribution < -0.4 is 10.0 Å². The SMILES string of the molecule is COCC(C)Nc1ccc(C(=O)O)cc1S(=O)(=O)NC1CCCC1. The van der Waals surface area contributed by atoms with Gasteiger partial charge in [-0.3, -0.25) is 0 Å². The molecule has 1 aliphatic carbocycles. The Bertz CT molecular complexity index is 684. The third kappa shape index (κ3) is 4.68. The molecule has 0 amide bonds. The number of hydrogen-bond donors (Lipinski definition) is 3. The van der Waals surface area contributed by atoms with Crippen LogP contribution in [0.25, 0.3) is 0 Å². The third-order valence-corrected chi connectivity index (χ3v) is 5.57. The second-order valence-corrected chi connectivity index (χ2v) is 7.80. The Kier molecular flexibility index (Phi) is 6.20. The highest BCUT2D eigenvalue weighted by Crippen LogP contribution is 2.26. The van der Waals surface area contributed by atoms with Gasteiger partial charge in [0.2, 0.25) is 10.0 Å². The van der Waals surface area contributed by atoms with Crippen LogP contribution in [0.5, 0.6) is 0 Å². The average molecular weight is 356 g/mol. The molecule has 0 spiro atoms. The molecule has 0 aliphatic heterocycles. The maximum absolute atomic E-state index is 12.7. The lowest BCUT2D eigenvalue weighted by Crippen LogP contribution is -2.33. The van der Waals surface area contributed by atoms with Crippen LogP contribution in [-0.4, -0.2) is 45.3 Å². The van der Waals surface area contributed by atoms with Crippen molar-refractivity contribution in [3.05, 3.63) is 23.8 Å². The minimum atomic E-state index is -3.81. The van der Waals surface area contributed by atoms with E-state index in [4.69, 9.17) is 9.84 Å². The Morgan fingerprint density at radius 1 is 1.38 bits per heavy atom. The van der Waals surface area contributed by atoms with Crippen molar-refractivity contribution in [2.75, 3.05) is 19.0 Å². The molecule has 134 valence electrons. The maximum Gasteiger partial charge on any atom is 0.335 e. The molecule has 1 aromatic carbocycles. The van der Waals surface area contributed by atoms with Crippen molar-refractivity contribution in [3.63, 3.8) is 0 Å². The summed E-state index contributed by atoms with van der Waals surface area (Å²) in [4.78, 5) is 11.2. The summed E-state index contributed by atoms with van der Waals surface area (Å²) < 4.78 is 33.2. The van der Waals surface area contributed by atoms with Gasteiger partial charge in [0.25, 0.3) is 0 Å². The van der Waals surface area contributed by atoms with Gasteiger partial charge in [0.15, 0.2) is 0 Å². The normalized spacial score (nSPS) is 16.9. The number of rotatable bonds is 8. The number of nitrogens with one attached hydrogen (secondary N) is 2. The maximum atomic E-state index is 12.7. The molecular weight excluding hydrogens is 332 g/mol. The number of ether oxygens (including phenoxy) is 1. The summed E-state index contributed by atoms with van der Waals surface area (Å²) in [6.07, 6.45) is 3.61. The molecule has 1 unspecified atom stereocenters. The van der Waals surface area contributed by atoms with Gasteiger partial charge < -0.3 is 15.2 Å². The van der Waals surface area contributed by atoms with Gasteiger partial charge in [-0.1, -0.05) is 12.8 Å². The molecule has 0 heterocycles. The summed E-state index contributed by atoms with van der Waals surface area (Å²) in [5, 5.41) is 12.2. The fourth-order valence-corrected chi connectivity index (χ4v) is 4.38. The monoisotopic (exact) mass is 356 g/mol. The summed E-state index contributed by atoms with van der Waals surface area (Å²) in [7, 11) is -2.25. The molecule has 3 N–H and O–H groups in total. The van der Waals surface area contributed by atoms with Crippen molar-refractivity contribution in [3.8, 4) is 0 Å². The largest absolute Gasteiger partial charge is 0.478 e. The van der Waals surface area contributed by atoms with Gasteiger partial charge in [0.05, 0.1) is 17.9 Å². The molecule has 7 nitrogen and oxygen atoms in total. The molecule has 0 bridgehead atoms. The Balaban J connectivity index is 2.35. The van der Waals surface area contributed by atoms with Crippen molar-refractivity contribution >= 4 is 21.7 Å². The summed E-state index contributed by atoms with van der Waals surface area (Å²) in [6, 6.07) is 3.86. The molecule has 1 aliphatic rings. The molecule has 8 heteroatoms. The van der Waals surface area contributed by atoms with E-state index in [-0.39, 0.29) is 22.5 Å². The zero-order chi connectivity index (χ0) is 17.7. The number of aromatic carboxylic acids is 1. The van der Waals surface area contributed by atoms with E-state index < -0.39 is 16.0 Å². The molecule has 1 atom stereocenters. The van der Waals surface area contributed by atoms with Crippen molar-refractivity contribution < 1.29 is 23.1 Å². The summed E-state index contributed by atoms with van der Waals surface area (Å²) in [5.41, 5.74) is 0.307. The highest BCUT2D eigenvalue weighted by Gasteiger charge is 2.26. The lowest BCUT2D eigenvalue weighted by atomic mass is 10.2. The fraction of sp³-hybridized carbons (Fsp3) is 0.562. The summed E-state index contributed by atoms with van der Waals surface area (Å²) in [5.74, 6) is -1.16. The highest BCUT2D eigenvalue weighted by molar-refractivity contribution is 7.89. The van der Waals surface area contributed by atoms with Crippen LogP contribution in [0, 0.1) is 0 Å². The first-order valence-corrected chi connectivity index (χ1v) is 9.47. The van der Waals surface area contributed by atoms with E-state index in [1.807, 2.05) is 6.92 Å². The predicted molar refractivity (Wildman–Crippen MR) is 90.9 cm³/mol. The molecule has 1 aromatic rings.